The number of anilines is 1. The van der Waals surface area contributed by atoms with Crippen LogP contribution in [0.3, 0.4) is 0 Å². The molecule has 1 aliphatic heterocycles. The minimum atomic E-state index is 0.0202. The number of hydrogen-bond acceptors (Lipinski definition) is 4. The molecule has 1 amide bonds. The molecule has 1 aliphatic rings. The smallest absolute Gasteiger partial charge is 0.231 e. The molecule has 0 unspecified atom stereocenters. The average Bonchev–Trinajstić information content (AvgIpc) is 3.03. The predicted octanol–water partition coefficient (Wildman–Crippen LogP) is 4.10. The number of rotatable bonds is 6. The van der Waals surface area contributed by atoms with Crippen LogP contribution in [0.15, 0.2) is 47.4 Å². The zero-order chi connectivity index (χ0) is 16.1. The van der Waals surface area contributed by atoms with Crippen molar-refractivity contribution in [2.24, 2.45) is 0 Å². The van der Waals surface area contributed by atoms with Gasteiger partial charge in [0.05, 0.1) is 5.69 Å². The Bertz CT molecular complexity index is 702. The Kier molecular flexibility index (Phi) is 5.08. The van der Waals surface area contributed by atoms with Crippen molar-refractivity contribution in [3.8, 4) is 11.5 Å². The Balaban J connectivity index is 1.58. The SMILES string of the molecule is CCSc1ccccc1NC(=O)CCc1ccc2c(c1)OCO2. The number of aryl methyl sites for hydroxylation is 1. The molecule has 0 bridgehead atoms. The van der Waals surface area contributed by atoms with Crippen molar-refractivity contribution in [1.29, 1.82) is 0 Å². The zero-order valence-electron chi connectivity index (χ0n) is 13.0. The van der Waals surface area contributed by atoms with Crippen LogP contribution in [0.2, 0.25) is 0 Å². The molecule has 2 aromatic rings. The van der Waals surface area contributed by atoms with Crippen LogP contribution in [-0.4, -0.2) is 18.5 Å². The summed E-state index contributed by atoms with van der Waals surface area (Å²) in [4.78, 5) is 13.3. The number of ether oxygens (including phenoxy) is 2. The number of nitrogens with one attached hydrogen (secondary N) is 1. The van der Waals surface area contributed by atoms with E-state index in [1.165, 1.54) is 0 Å². The first-order valence-electron chi connectivity index (χ1n) is 7.66. The van der Waals surface area contributed by atoms with Gasteiger partial charge in [-0.25, -0.2) is 0 Å². The van der Waals surface area contributed by atoms with Crippen molar-refractivity contribution in [1.82, 2.24) is 0 Å². The van der Waals surface area contributed by atoms with Crippen LogP contribution in [0.4, 0.5) is 5.69 Å². The van der Waals surface area contributed by atoms with E-state index in [9.17, 15) is 4.79 Å². The van der Waals surface area contributed by atoms with Crippen molar-refractivity contribution in [2.75, 3.05) is 17.9 Å². The van der Waals surface area contributed by atoms with Gasteiger partial charge in [-0.1, -0.05) is 25.1 Å². The third-order valence-electron chi connectivity index (χ3n) is 3.54. The van der Waals surface area contributed by atoms with Gasteiger partial charge < -0.3 is 14.8 Å². The number of amides is 1. The maximum atomic E-state index is 12.2. The van der Waals surface area contributed by atoms with Crippen molar-refractivity contribution in [2.45, 2.75) is 24.7 Å². The van der Waals surface area contributed by atoms with Gasteiger partial charge in [0, 0.05) is 11.3 Å². The normalized spacial score (nSPS) is 12.2. The Hall–Kier alpha value is -2.14. The highest BCUT2D eigenvalue weighted by molar-refractivity contribution is 7.99. The van der Waals surface area contributed by atoms with Gasteiger partial charge in [0.2, 0.25) is 12.7 Å². The quantitative estimate of drug-likeness (QED) is 0.811. The van der Waals surface area contributed by atoms with Gasteiger partial charge in [0.15, 0.2) is 11.5 Å². The number of para-hydroxylation sites is 1. The second kappa shape index (κ2) is 7.42. The lowest BCUT2D eigenvalue weighted by Crippen LogP contribution is -2.13. The van der Waals surface area contributed by atoms with Crippen LogP contribution in [-0.2, 0) is 11.2 Å². The molecule has 4 nitrogen and oxygen atoms in total. The number of hydrogen-bond donors (Lipinski definition) is 1. The minimum absolute atomic E-state index is 0.0202. The fraction of sp³-hybridized carbons (Fsp3) is 0.278. The molecule has 0 spiro atoms. The molecule has 3 rings (SSSR count). The van der Waals surface area contributed by atoms with Gasteiger partial charge >= 0.3 is 0 Å². The summed E-state index contributed by atoms with van der Waals surface area (Å²) in [5, 5.41) is 3.00. The van der Waals surface area contributed by atoms with Gasteiger partial charge in [-0.2, -0.15) is 0 Å². The van der Waals surface area contributed by atoms with E-state index in [4.69, 9.17) is 9.47 Å². The Morgan fingerprint density at radius 1 is 1.17 bits per heavy atom. The van der Waals surface area contributed by atoms with Crippen molar-refractivity contribution < 1.29 is 14.3 Å². The Morgan fingerprint density at radius 2 is 2.00 bits per heavy atom. The fourth-order valence-electron chi connectivity index (χ4n) is 2.42. The third-order valence-corrected chi connectivity index (χ3v) is 4.49. The number of carbonyl (C=O) groups is 1. The third kappa shape index (κ3) is 3.99. The van der Waals surface area contributed by atoms with Gasteiger partial charge in [-0.3, -0.25) is 4.79 Å². The highest BCUT2D eigenvalue weighted by Gasteiger charge is 2.14. The summed E-state index contributed by atoms with van der Waals surface area (Å²) in [6.07, 6.45) is 1.11. The summed E-state index contributed by atoms with van der Waals surface area (Å²) in [5.74, 6) is 2.52. The lowest BCUT2D eigenvalue weighted by Gasteiger charge is -2.10. The van der Waals surface area contributed by atoms with Gasteiger partial charge in [-0.15, -0.1) is 11.8 Å². The number of fused-ring (bicyclic) bond motifs is 1. The molecule has 120 valence electrons. The lowest BCUT2D eigenvalue weighted by molar-refractivity contribution is -0.116. The zero-order valence-corrected chi connectivity index (χ0v) is 13.8. The van der Waals surface area contributed by atoms with Gasteiger partial charge in [0.25, 0.3) is 0 Å². The van der Waals surface area contributed by atoms with Gasteiger partial charge in [-0.05, 0) is 42.0 Å². The number of thioether (sulfide) groups is 1. The van der Waals surface area contributed by atoms with E-state index in [0.29, 0.717) is 12.8 Å². The van der Waals surface area contributed by atoms with Gasteiger partial charge in [0.1, 0.15) is 0 Å². The predicted molar refractivity (Wildman–Crippen MR) is 92.4 cm³/mol. The second-order valence-electron chi connectivity index (χ2n) is 5.16. The molecule has 0 atom stereocenters. The highest BCUT2D eigenvalue weighted by atomic mass is 32.2. The molecular formula is C18H19NO3S. The summed E-state index contributed by atoms with van der Waals surface area (Å²) in [6.45, 7) is 2.37. The summed E-state index contributed by atoms with van der Waals surface area (Å²) in [6, 6.07) is 13.7. The number of benzene rings is 2. The van der Waals surface area contributed by atoms with Crippen LogP contribution >= 0.6 is 11.8 Å². The van der Waals surface area contributed by atoms with E-state index in [-0.39, 0.29) is 12.7 Å². The van der Waals surface area contributed by atoms with E-state index in [0.717, 1.165) is 33.4 Å². The van der Waals surface area contributed by atoms with E-state index in [2.05, 4.69) is 12.2 Å². The second-order valence-corrected chi connectivity index (χ2v) is 6.47. The van der Waals surface area contributed by atoms with Crippen LogP contribution in [0.25, 0.3) is 0 Å². The van der Waals surface area contributed by atoms with E-state index < -0.39 is 0 Å². The first kappa shape index (κ1) is 15.7. The summed E-state index contributed by atoms with van der Waals surface area (Å²) in [5.41, 5.74) is 1.95. The molecule has 0 fully saturated rings. The summed E-state index contributed by atoms with van der Waals surface area (Å²) in [7, 11) is 0. The molecule has 2 aromatic carbocycles. The van der Waals surface area contributed by atoms with Crippen molar-refractivity contribution in [3.05, 3.63) is 48.0 Å². The van der Waals surface area contributed by atoms with Crippen LogP contribution in [0, 0.1) is 0 Å². The van der Waals surface area contributed by atoms with E-state index >= 15 is 0 Å². The van der Waals surface area contributed by atoms with E-state index in [1.807, 2.05) is 42.5 Å². The lowest BCUT2D eigenvalue weighted by atomic mass is 10.1. The fourth-order valence-corrected chi connectivity index (χ4v) is 3.18. The summed E-state index contributed by atoms with van der Waals surface area (Å²) >= 11 is 1.73. The summed E-state index contributed by atoms with van der Waals surface area (Å²) < 4.78 is 10.6. The first-order valence-corrected chi connectivity index (χ1v) is 8.65. The van der Waals surface area contributed by atoms with Crippen LogP contribution in [0.1, 0.15) is 18.9 Å². The molecular weight excluding hydrogens is 310 g/mol. The maximum absolute atomic E-state index is 12.2. The average molecular weight is 329 g/mol. The molecule has 0 saturated heterocycles. The largest absolute Gasteiger partial charge is 0.454 e. The highest BCUT2D eigenvalue weighted by Crippen LogP contribution is 2.33. The molecule has 0 aromatic heterocycles. The Morgan fingerprint density at radius 3 is 2.87 bits per heavy atom. The number of carbonyl (C=O) groups excluding carboxylic acids is 1. The molecule has 0 saturated carbocycles. The molecule has 1 N–H and O–H groups in total. The Labute approximate surface area is 140 Å². The van der Waals surface area contributed by atoms with Crippen molar-refractivity contribution in [3.63, 3.8) is 0 Å². The first-order chi connectivity index (χ1) is 11.3. The molecule has 5 heteroatoms. The maximum Gasteiger partial charge on any atom is 0.231 e. The minimum Gasteiger partial charge on any atom is -0.454 e. The molecule has 0 radical (unpaired) electrons. The van der Waals surface area contributed by atoms with E-state index in [1.54, 1.807) is 11.8 Å². The standard InChI is InChI=1S/C18H19NO3S/c1-2-23-17-6-4-3-5-14(17)19-18(20)10-8-13-7-9-15-16(11-13)22-12-21-15/h3-7,9,11H,2,8,10,12H2,1H3,(H,19,20). The molecule has 1 heterocycles. The molecule has 0 aliphatic carbocycles. The molecule has 23 heavy (non-hydrogen) atoms. The topological polar surface area (TPSA) is 47.6 Å². The van der Waals surface area contributed by atoms with Crippen LogP contribution in [0.5, 0.6) is 11.5 Å². The van der Waals surface area contributed by atoms with Crippen LogP contribution < -0.4 is 14.8 Å². The monoisotopic (exact) mass is 329 g/mol. The van der Waals surface area contributed by atoms with Crippen molar-refractivity contribution >= 4 is 23.4 Å².